The number of allylic oxidation sites excluding steroid dienone is 14. The van der Waals surface area contributed by atoms with E-state index in [-0.39, 0.29) is 31.1 Å². The van der Waals surface area contributed by atoms with E-state index in [0.717, 1.165) is 103 Å². The number of hydrogen-bond acceptors (Lipinski definition) is 6. The van der Waals surface area contributed by atoms with Gasteiger partial charge in [-0.15, -0.1) is 0 Å². The summed E-state index contributed by atoms with van der Waals surface area (Å²) in [7, 11) is 0. The van der Waals surface area contributed by atoms with Crippen LogP contribution in [0, 0.1) is 0 Å². The third kappa shape index (κ3) is 65.4. The van der Waals surface area contributed by atoms with Crippen molar-refractivity contribution >= 4 is 17.9 Å². The maximum atomic E-state index is 12.9. The first-order valence-electron chi connectivity index (χ1n) is 34.6. The van der Waals surface area contributed by atoms with Crippen LogP contribution in [-0.2, 0) is 28.6 Å². The number of carbonyl (C=O) groups excluding carboxylic acids is 3. The molecule has 6 heteroatoms. The molecular weight excluding hydrogens is 985 g/mol. The van der Waals surface area contributed by atoms with E-state index >= 15 is 0 Å². The highest BCUT2D eigenvalue weighted by molar-refractivity contribution is 5.71. The molecular formula is C74H130O6. The monoisotopic (exact) mass is 1110 g/mol. The van der Waals surface area contributed by atoms with Crippen LogP contribution in [0.1, 0.15) is 348 Å². The zero-order chi connectivity index (χ0) is 57.8. The number of carbonyl (C=O) groups is 3. The molecule has 0 aliphatic carbocycles. The molecule has 0 aromatic heterocycles. The van der Waals surface area contributed by atoms with Crippen molar-refractivity contribution in [1.29, 1.82) is 0 Å². The lowest BCUT2D eigenvalue weighted by Crippen LogP contribution is -2.30. The summed E-state index contributed by atoms with van der Waals surface area (Å²) in [5.74, 6) is -0.891. The van der Waals surface area contributed by atoms with Gasteiger partial charge in [0.2, 0.25) is 0 Å². The number of ether oxygens (including phenoxy) is 3. The van der Waals surface area contributed by atoms with Gasteiger partial charge in [-0.05, 0) is 122 Å². The van der Waals surface area contributed by atoms with Gasteiger partial charge in [-0.25, -0.2) is 0 Å². The van der Waals surface area contributed by atoms with Crippen LogP contribution >= 0.6 is 0 Å². The van der Waals surface area contributed by atoms with Crippen LogP contribution in [0.15, 0.2) is 85.1 Å². The molecule has 80 heavy (non-hydrogen) atoms. The third-order valence-electron chi connectivity index (χ3n) is 15.1. The highest BCUT2D eigenvalue weighted by Crippen LogP contribution is 2.16. The van der Waals surface area contributed by atoms with E-state index in [2.05, 4.69) is 106 Å². The minimum atomic E-state index is -0.790. The lowest BCUT2D eigenvalue weighted by molar-refractivity contribution is -0.167. The van der Waals surface area contributed by atoms with Crippen molar-refractivity contribution in [1.82, 2.24) is 0 Å². The molecule has 1 atom stereocenters. The fourth-order valence-electron chi connectivity index (χ4n) is 9.87. The summed E-state index contributed by atoms with van der Waals surface area (Å²) in [4.78, 5) is 38.4. The number of rotatable bonds is 63. The predicted molar refractivity (Wildman–Crippen MR) is 348 cm³/mol. The van der Waals surface area contributed by atoms with E-state index in [0.29, 0.717) is 19.3 Å². The van der Waals surface area contributed by atoms with Crippen molar-refractivity contribution in [2.45, 2.75) is 354 Å². The predicted octanol–water partition coefficient (Wildman–Crippen LogP) is 23.8. The molecule has 0 bridgehead atoms. The number of hydrogen-bond donors (Lipinski definition) is 0. The molecule has 6 nitrogen and oxygen atoms in total. The van der Waals surface area contributed by atoms with Gasteiger partial charge in [-0.3, -0.25) is 14.4 Å². The van der Waals surface area contributed by atoms with Crippen molar-refractivity contribution in [3.05, 3.63) is 85.1 Å². The van der Waals surface area contributed by atoms with Crippen LogP contribution in [0.4, 0.5) is 0 Å². The summed E-state index contributed by atoms with van der Waals surface area (Å²) >= 11 is 0. The van der Waals surface area contributed by atoms with Crippen LogP contribution < -0.4 is 0 Å². The van der Waals surface area contributed by atoms with Gasteiger partial charge in [0.25, 0.3) is 0 Å². The van der Waals surface area contributed by atoms with Crippen LogP contribution in [0.2, 0.25) is 0 Å². The second kappa shape index (κ2) is 68.1. The Kier molecular flexibility index (Phi) is 65.2. The molecule has 0 amide bonds. The Morgan fingerprint density at radius 3 is 0.738 bits per heavy atom. The Hall–Kier alpha value is -3.41. The van der Waals surface area contributed by atoms with Gasteiger partial charge in [-0.2, -0.15) is 0 Å². The van der Waals surface area contributed by atoms with Gasteiger partial charge in [0.1, 0.15) is 13.2 Å². The second-order valence-corrected chi connectivity index (χ2v) is 23.1. The van der Waals surface area contributed by atoms with Crippen molar-refractivity contribution in [3.63, 3.8) is 0 Å². The van der Waals surface area contributed by atoms with E-state index in [1.54, 1.807) is 0 Å². The number of unbranched alkanes of at least 4 members (excludes halogenated alkanes) is 38. The Labute approximate surface area is 496 Å². The summed E-state index contributed by atoms with van der Waals surface area (Å²) in [6.45, 7) is 6.62. The minimum absolute atomic E-state index is 0.0840. The van der Waals surface area contributed by atoms with Crippen LogP contribution in [-0.4, -0.2) is 37.2 Å². The molecule has 0 heterocycles. The summed E-state index contributed by atoms with van der Waals surface area (Å²) in [5.41, 5.74) is 0. The molecule has 0 aliphatic heterocycles. The van der Waals surface area contributed by atoms with Gasteiger partial charge in [0.15, 0.2) is 6.10 Å². The van der Waals surface area contributed by atoms with Gasteiger partial charge >= 0.3 is 17.9 Å². The maximum Gasteiger partial charge on any atom is 0.306 e. The molecule has 0 fully saturated rings. The Morgan fingerprint density at radius 1 is 0.250 bits per heavy atom. The maximum absolute atomic E-state index is 12.9. The van der Waals surface area contributed by atoms with Crippen LogP contribution in [0.5, 0.6) is 0 Å². The van der Waals surface area contributed by atoms with E-state index in [4.69, 9.17) is 14.2 Å². The van der Waals surface area contributed by atoms with Crippen LogP contribution in [0.3, 0.4) is 0 Å². The fourth-order valence-corrected chi connectivity index (χ4v) is 9.87. The molecule has 0 rings (SSSR count). The van der Waals surface area contributed by atoms with E-state index in [1.165, 1.54) is 205 Å². The Balaban J connectivity index is 4.34. The third-order valence-corrected chi connectivity index (χ3v) is 15.1. The molecule has 0 aliphatic rings. The van der Waals surface area contributed by atoms with Crippen molar-refractivity contribution < 1.29 is 28.6 Å². The lowest BCUT2D eigenvalue weighted by atomic mass is 10.0. The average Bonchev–Trinajstić information content (AvgIpc) is 3.46. The standard InChI is InChI=1S/C74H130O6/c1-4-7-10-13-16-19-22-25-28-31-33-34-35-36-37-38-39-40-42-43-46-49-52-55-58-61-64-67-73(76)79-70-71(69-78-72(75)66-63-60-57-54-51-48-45-30-27-24-21-18-15-12-9-6-3)80-74(77)68-65-62-59-56-53-50-47-44-41-32-29-26-23-20-17-14-11-8-5-2/h17,20,22,25-26,29-31,33,35-36,41,44-45,71H,4-16,18-19,21,23-24,27-28,32,34,37-40,42-43,46-70H2,1-3H3/b20-17-,25-22-,29-26-,33-31-,36-35-,44-41-,45-30-. The van der Waals surface area contributed by atoms with Gasteiger partial charge in [-0.1, -0.05) is 292 Å². The molecule has 1 unspecified atom stereocenters. The van der Waals surface area contributed by atoms with Crippen molar-refractivity contribution in [2.24, 2.45) is 0 Å². The molecule has 0 saturated heterocycles. The second-order valence-electron chi connectivity index (χ2n) is 23.1. The SMILES string of the molecule is CCCCC/C=C\C/C=C\C/C=C\CCCCCCCCC(=O)OC(COC(=O)CCCCCCC/C=C\CCCCCCCCC)COC(=O)CCCCCCCCCCCCCC/C=C\C/C=C\C/C=C\CCCCCCC. The van der Waals surface area contributed by atoms with E-state index in [9.17, 15) is 14.4 Å². The largest absolute Gasteiger partial charge is 0.462 e. The average molecular weight is 1120 g/mol. The highest BCUT2D eigenvalue weighted by atomic mass is 16.6. The topological polar surface area (TPSA) is 78.9 Å². The quantitative estimate of drug-likeness (QED) is 0.0261. The van der Waals surface area contributed by atoms with Gasteiger partial charge in [0, 0.05) is 19.3 Å². The van der Waals surface area contributed by atoms with Gasteiger partial charge < -0.3 is 14.2 Å². The Bertz CT molecular complexity index is 1520. The highest BCUT2D eigenvalue weighted by Gasteiger charge is 2.19. The molecule has 462 valence electrons. The van der Waals surface area contributed by atoms with E-state index in [1.807, 2.05) is 0 Å². The first-order valence-corrected chi connectivity index (χ1v) is 34.6. The summed E-state index contributed by atoms with van der Waals surface area (Å²) in [6, 6.07) is 0. The van der Waals surface area contributed by atoms with Crippen molar-refractivity contribution in [3.8, 4) is 0 Å². The molecule has 0 saturated carbocycles. The lowest BCUT2D eigenvalue weighted by Gasteiger charge is -2.18. The molecule has 0 radical (unpaired) electrons. The van der Waals surface area contributed by atoms with Crippen LogP contribution in [0.25, 0.3) is 0 Å². The van der Waals surface area contributed by atoms with Gasteiger partial charge in [0.05, 0.1) is 0 Å². The van der Waals surface area contributed by atoms with Crippen molar-refractivity contribution in [2.75, 3.05) is 13.2 Å². The molecule has 0 aromatic carbocycles. The number of esters is 3. The smallest absolute Gasteiger partial charge is 0.306 e. The summed E-state index contributed by atoms with van der Waals surface area (Å²) in [5, 5.41) is 0. The first-order chi connectivity index (χ1) is 39.5. The Morgan fingerprint density at radius 2 is 0.450 bits per heavy atom. The minimum Gasteiger partial charge on any atom is -0.462 e. The summed E-state index contributed by atoms with van der Waals surface area (Å²) < 4.78 is 17.0. The normalized spacial score (nSPS) is 12.6. The molecule has 0 N–H and O–H groups in total. The zero-order valence-electron chi connectivity index (χ0n) is 53.1. The fraction of sp³-hybridized carbons (Fsp3) is 0.770. The molecule has 0 spiro atoms. The molecule has 0 aromatic rings. The zero-order valence-corrected chi connectivity index (χ0v) is 53.1. The van der Waals surface area contributed by atoms with E-state index < -0.39 is 6.10 Å². The first kappa shape index (κ1) is 76.6. The summed E-state index contributed by atoms with van der Waals surface area (Å²) in [6.07, 6.45) is 90.2.